The topological polar surface area (TPSA) is 55.4 Å². The number of methoxy groups -OCH3 is 1. The molecule has 0 aromatic heterocycles. The van der Waals surface area contributed by atoms with Crippen molar-refractivity contribution in [3.05, 3.63) is 0 Å². The third-order valence-corrected chi connectivity index (χ3v) is 2.92. The number of carbonyl (C=O) groups excluding carboxylic acids is 2. The fourth-order valence-corrected chi connectivity index (χ4v) is 1.56. The number of amides is 1. The van der Waals surface area contributed by atoms with E-state index in [2.05, 4.69) is 30.8 Å². The van der Waals surface area contributed by atoms with Crippen molar-refractivity contribution < 1.29 is 14.3 Å². The average molecular weight is 227 g/mol. The lowest BCUT2D eigenvalue weighted by atomic mass is 9.92. The minimum absolute atomic E-state index is 0.177. The lowest BCUT2D eigenvalue weighted by Crippen LogP contribution is -2.38. The molecule has 16 heavy (non-hydrogen) atoms. The summed E-state index contributed by atoms with van der Waals surface area (Å²) in [6, 6.07) is 0. The molecule has 0 heterocycles. The van der Waals surface area contributed by atoms with Crippen LogP contribution >= 0.6 is 0 Å². The first-order valence-corrected chi connectivity index (χ1v) is 5.68. The van der Waals surface area contributed by atoms with Crippen molar-refractivity contribution in [2.45, 2.75) is 40.0 Å². The predicted molar refractivity (Wildman–Crippen MR) is 60.8 cm³/mol. The molecule has 1 aliphatic rings. The first-order chi connectivity index (χ1) is 7.32. The highest BCUT2D eigenvalue weighted by Gasteiger charge is 2.57. The molecule has 1 N–H and O–H groups in total. The Kier molecular flexibility index (Phi) is 3.61. The molecule has 0 aliphatic heterocycles. The van der Waals surface area contributed by atoms with Crippen LogP contribution in [0.1, 0.15) is 40.0 Å². The van der Waals surface area contributed by atoms with Crippen LogP contribution in [0.4, 0.5) is 0 Å². The Morgan fingerprint density at radius 1 is 1.31 bits per heavy atom. The fourth-order valence-electron chi connectivity index (χ4n) is 1.56. The number of nitrogens with one attached hydrogen (secondary N) is 1. The van der Waals surface area contributed by atoms with Gasteiger partial charge in [0.2, 0.25) is 5.91 Å². The minimum atomic E-state index is -0.868. The number of rotatable bonds is 4. The van der Waals surface area contributed by atoms with Gasteiger partial charge in [0, 0.05) is 6.54 Å². The summed E-state index contributed by atoms with van der Waals surface area (Å²) in [7, 11) is 1.32. The van der Waals surface area contributed by atoms with Crippen LogP contribution in [0.2, 0.25) is 0 Å². The second-order valence-electron chi connectivity index (χ2n) is 5.64. The smallest absolute Gasteiger partial charge is 0.321 e. The average Bonchev–Trinajstić information content (AvgIpc) is 2.95. The maximum absolute atomic E-state index is 11.8. The van der Waals surface area contributed by atoms with E-state index in [4.69, 9.17) is 0 Å². The molecular weight excluding hydrogens is 206 g/mol. The molecule has 1 rings (SSSR count). The fraction of sp³-hybridized carbons (Fsp3) is 0.833. The number of carbonyl (C=O) groups is 2. The van der Waals surface area contributed by atoms with Gasteiger partial charge in [0.15, 0.2) is 0 Å². The summed E-state index contributed by atoms with van der Waals surface area (Å²) >= 11 is 0. The quantitative estimate of drug-likeness (QED) is 0.585. The number of hydrogen-bond donors (Lipinski definition) is 1. The van der Waals surface area contributed by atoms with Crippen LogP contribution in [0.3, 0.4) is 0 Å². The molecule has 0 spiro atoms. The third kappa shape index (κ3) is 2.97. The lowest BCUT2D eigenvalue weighted by molar-refractivity contribution is -0.152. The van der Waals surface area contributed by atoms with E-state index in [9.17, 15) is 9.59 Å². The molecule has 4 nitrogen and oxygen atoms in total. The van der Waals surface area contributed by atoms with Gasteiger partial charge >= 0.3 is 5.97 Å². The highest BCUT2D eigenvalue weighted by molar-refractivity contribution is 6.05. The van der Waals surface area contributed by atoms with Crippen LogP contribution in [0.25, 0.3) is 0 Å². The van der Waals surface area contributed by atoms with Gasteiger partial charge in [-0.2, -0.15) is 0 Å². The summed E-state index contributed by atoms with van der Waals surface area (Å²) < 4.78 is 4.65. The first-order valence-electron chi connectivity index (χ1n) is 5.68. The van der Waals surface area contributed by atoms with Gasteiger partial charge in [-0.1, -0.05) is 20.8 Å². The van der Waals surface area contributed by atoms with E-state index in [1.807, 2.05) is 0 Å². The lowest BCUT2D eigenvalue weighted by Gasteiger charge is -2.19. The molecule has 0 saturated heterocycles. The monoisotopic (exact) mass is 227 g/mol. The first kappa shape index (κ1) is 13.0. The summed E-state index contributed by atoms with van der Waals surface area (Å²) in [6.07, 6.45) is 2.12. The van der Waals surface area contributed by atoms with Crippen molar-refractivity contribution >= 4 is 11.9 Å². The summed E-state index contributed by atoms with van der Waals surface area (Å²) in [5.41, 5.74) is -0.679. The highest BCUT2D eigenvalue weighted by atomic mass is 16.5. The predicted octanol–water partition coefficient (Wildman–Crippen LogP) is 1.49. The number of hydrogen-bond acceptors (Lipinski definition) is 3. The number of ether oxygens (including phenoxy) is 1. The molecule has 1 saturated carbocycles. The molecule has 0 atom stereocenters. The summed E-state index contributed by atoms with van der Waals surface area (Å²) in [5, 5.41) is 2.82. The van der Waals surface area contributed by atoms with E-state index in [1.165, 1.54) is 7.11 Å². The van der Waals surface area contributed by atoms with Crippen molar-refractivity contribution in [1.29, 1.82) is 0 Å². The molecule has 0 aromatic rings. The Bertz CT molecular complexity index is 287. The van der Waals surface area contributed by atoms with Crippen molar-refractivity contribution in [2.75, 3.05) is 13.7 Å². The zero-order valence-corrected chi connectivity index (χ0v) is 10.6. The van der Waals surface area contributed by atoms with Crippen LogP contribution in [0, 0.1) is 10.8 Å². The summed E-state index contributed by atoms with van der Waals surface area (Å²) in [5.74, 6) is -0.579. The number of esters is 1. The van der Waals surface area contributed by atoms with E-state index < -0.39 is 11.4 Å². The molecule has 0 bridgehead atoms. The summed E-state index contributed by atoms with van der Waals surface area (Å²) in [6.45, 7) is 6.96. The van der Waals surface area contributed by atoms with Gasteiger partial charge < -0.3 is 10.1 Å². The second-order valence-corrected chi connectivity index (χ2v) is 5.64. The zero-order chi connectivity index (χ0) is 12.4. The van der Waals surface area contributed by atoms with Gasteiger partial charge in [-0.15, -0.1) is 0 Å². The largest absolute Gasteiger partial charge is 0.468 e. The molecule has 1 amide bonds. The standard InChI is InChI=1S/C12H21NO3/c1-11(2,3)7-8-13-9(14)12(5-6-12)10(15)16-4/h5-8H2,1-4H3,(H,13,14). The Balaban J connectivity index is 2.39. The van der Waals surface area contributed by atoms with Gasteiger partial charge in [-0.25, -0.2) is 0 Å². The molecule has 0 radical (unpaired) electrons. The van der Waals surface area contributed by atoms with Crippen molar-refractivity contribution in [3.8, 4) is 0 Å². The Morgan fingerprint density at radius 2 is 1.88 bits per heavy atom. The van der Waals surface area contributed by atoms with E-state index in [0.29, 0.717) is 19.4 Å². The molecule has 4 heteroatoms. The Labute approximate surface area is 96.7 Å². The molecule has 0 aromatic carbocycles. The van der Waals surface area contributed by atoms with E-state index in [-0.39, 0.29) is 11.3 Å². The van der Waals surface area contributed by atoms with Crippen LogP contribution in [0.5, 0.6) is 0 Å². The Hall–Kier alpha value is -1.06. The third-order valence-electron chi connectivity index (χ3n) is 2.92. The van der Waals surface area contributed by atoms with Gasteiger partial charge in [0.25, 0.3) is 0 Å². The molecule has 1 fully saturated rings. The van der Waals surface area contributed by atoms with Crippen LogP contribution < -0.4 is 5.32 Å². The second kappa shape index (κ2) is 4.44. The maximum atomic E-state index is 11.8. The molecule has 0 unspecified atom stereocenters. The SMILES string of the molecule is COC(=O)C1(C(=O)NCCC(C)(C)C)CC1. The van der Waals surface area contributed by atoms with Crippen molar-refractivity contribution in [2.24, 2.45) is 10.8 Å². The van der Waals surface area contributed by atoms with Crippen LogP contribution in [-0.4, -0.2) is 25.5 Å². The highest BCUT2D eigenvalue weighted by Crippen LogP contribution is 2.46. The van der Waals surface area contributed by atoms with Gasteiger partial charge in [-0.3, -0.25) is 9.59 Å². The molecule has 1 aliphatic carbocycles. The van der Waals surface area contributed by atoms with Gasteiger partial charge in [0.05, 0.1) is 7.11 Å². The maximum Gasteiger partial charge on any atom is 0.321 e. The van der Waals surface area contributed by atoms with Crippen molar-refractivity contribution in [3.63, 3.8) is 0 Å². The summed E-state index contributed by atoms with van der Waals surface area (Å²) in [4.78, 5) is 23.2. The van der Waals surface area contributed by atoms with Crippen LogP contribution in [0.15, 0.2) is 0 Å². The van der Waals surface area contributed by atoms with Gasteiger partial charge in [0.1, 0.15) is 5.41 Å². The van der Waals surface area contributed by atoms with E-state index in [1.54, 1.807) is 0 Å². The molecular formula is C12H21NO3. The van der Waals surface area contributed by atoms with Crippen LogP contribution in [-0.2, 0) is 14.3 Å². The van der Waals surface area contributed by atoms with Gasteiger partial charge in [-0.05, 0) is 24.7 Å². The van der Waals surface area contributed by atoms with E-state index in [0.717, 1.165) is 6.42 Å². The normalized spacial score (nSPS) is 17.8. The zero-order valence-electron chi connectivity index (χ0n) is 10.6. The minimum Gasteiger partial charge on any atom is -0.468 e. The van der Waals surface area contributed by atoms with Crippen molar-refractivity contribution in [1.82, 2.24) is 5.32 Å². The Morgan fingerprint density at radius 3 is 2.25 bits per heavy atom. The van der Waals surface area contributed by atoms with E-state index >= 15 is 0 Å². The molecule has 92 valence electrons.